The van der Waals surface area contributed by atoms with E-state index < -0.39 is 0 Å². The van der Waals surface area contributed by atoms with Crippen molar-refractivity contribution >= 4 is 33.5 Å². The molecule has 0 fully saturated rings. The van der Waals surface area contributed by atoms with Gasteiger partial charge in [0.05, 0.1) is 6.33 Å². The molecule has 0 saturated carbocycles. The summed E-state index contributed by atoms with van der Waals surface area (Å²) in [7, 11) is 0. The number of aromatic amines is 1. The van der Waals surface area contributed by atoms with Gasteiger partial charge in [-0.05, 0) is 33.9 Å². The number of hydrogen-bond acceptors (Lipinski definition) is 4. The maximum atomic E-state index is 11.2. The molecule has 2 N–H and O–H groups in total. The summed E-state index contributed by atoms with van der Waals surface area (Å²) in [5.74, 6) is 2.24. The van der Waals surface area contributed by atoms with E-state index in [0.29, 0.717) is 16.2 Å². The third-order valence-electron chi connectivity index (χ3n) is 1.87. The van der Waals surface area contributed by atoms with Crippen molar-refractivity contribution in [1.82, 2.24) is 9.97 Å². The first-order valence-corrected chi connectivity index (χ1v) is 6.79. The van der Waals surface area contributed by atoms with E-state index in [9.17, 15) is 4.79 Å². The van der Waals surface area contributed by atoms with Crippen LogP contribution in [0.5, 0.6) is 0 Å². The van der Waals surface area contributed by atoms with E-state index in [1.807, 2.05) is 11.8 Å². The van der Waals surface area contributed by atoms with E-state index >= 15 is 0 Å². The van der Waals surface area contributed by atoms with Gasteiger partial charge in [-0.2, -0.15) is 11.8 Å². The standard InChI is InChI=1S/C9H14BrN3OS/c1-6(4-15-2)3-11-8-7(10)9(14)13-5-12-8/h5-6H,3-4H2,1-2H3,(H2,11,12,13,14). The minimum absolute atomic E-state index is 0.162. The highest BCUT2D eigenvalue weighted by molar-refractivity contribution is 9.10. The Morgan fingerprint density at radius 1 is 1.73 bits per heavy atom. The molecule has 84 valence electrons. The number of H-pyrrole nitrogens is 1. The van der Waals surface area contributed by atoms with E-state index in [4.69, 9.17) is 0 Å². The Labute approximate surface area is 101 Å². The Morgan fingerprint density at radius 3 is 3.13 bits per heavy atom. The molecule has 4 nitrogen and oxygen atoms in total. The second-order valence-electron chi connectivity index (χ2n) is 3.34. The second kappa shape index (κ2) is 6.17. The van der Waals surface area contributed by atoms with Gasteiger partial charge in [0.2, 0.25) is 0 Å². The first-order chi connectivity index (χ1) is 7.15. The quantitative estimate of drug-likeness (QED) is 0.871. The van der Waals surface area contributed by atoms with Crippen LogP contribution in [-0.4, -0.2) is 28.5 Å². The summed E-state index contributed by atoms with van der Waals surface area (Å²) in [5.41, 5.74) is -0.162. The third kappa shape index (κ3) is 3.87. The van der Waals surface area contributed by atoms with Gasteiger partial charge < -0.3 is 10.3 Å². The summed E-state index contributed by atoms with van der Waals surface area (Å²) in [5, 5.41) is 3.15. The Hall–Kier alpha value is -0.490. The van der Waals surface area contributed by atoms with Gasteiger partial charge >= 0.3 is 0 Å². The molecule has 1 aromatic heterocycles. The van der Waals surface area contributed by atoms with E-state index in [0.717, 1.165) is 12.3 Å². The molecule has 1 atom stereocenters. The van der Waals surface area contributed by atoms with Crippen molar-refractivity contribution in [3.8, 4) is 0 Å². The molecule has 0 radical (unpaired) electrons. The zero-order valence-electron chi connectivity index (χ0n) is 8.71. The van der Waals surface area contributed by atoms with Crippen LogP contribution in [-0.2, 0) is 0 Å². The summed E-state index contributed by atoms with van der Waals surface area (Å²) < 4.78 is 0.460. The van der Waals surface area contributed by atoms with Crippen molar-refractivity contribution in [1.29, 1.82) is 0 Å². The maximum absolute atomic E-state index is 11.2. The Bertz CT molecular complexity index is 369. The van der Waals surface area contributed by atoms with Gasteiger partial charge in [-0.25, -0.2) is 4.98 Å². The van der Waals surface area contributed by atoms with Crippen LogP contribution in [0.3, 0.4) is 0 Å². The number of hydrogen-bond donors (Lipinski definition) is 2. The number of halogens is 1. The third-order valence-corrected chi connectivity index (χ3v) is 3.50. The topological polar surface area (TPSA) is 57.8 Å². The zero-order chi connectivity index (χ0) is 11.3. The van der Waals surface area contributed by atoms with Crippen molar-refractivity contribution in [2.75, 3.05) is 23.9 Å². The molecule has 0 amide bonds. The minimum Gasteiger partial charge on any atom is -0.369 e. The lowest BCUT2D eigenvalue weighted by atomic mass is 10.2. The molecule has 0 bridgehead atoms. The molecule has 0 aliphatic rings. The average molecular weight is 292 g/mol. The van der Waals surface area contributed by atoms with Gasteiger partial charge in [0, 0.05) is 6.54 Å². The van der Waals surface area contributed by atoms with Crippen LogP contribution in [0.4, 0.5) is 5.82 Å². The smallest absolute Gasteiger partial charge is 0.267 e. The summed E-state index contributed by atoms with van der Waals surface area (Å²) in [4.78, 5) is 17.8. The van der Waals surface area contributed by atoms with Crippen molar-refractivity contribution in [3.05, 3.63) is 21.2 Å². The summed E-state index contributed by atoms with van der Waals surface area (Å²) in [6.45, 7) is 2.97. The van der Waals surface area contributed by atoms with Crippen LogP contribution in [0.15, 0.2) is 15.6 Å². The largest absolute Gasteiger partial charge is 0.369 e. The Morgan fingerprint density at radius 2 is 2.47 bits per heavy atom. The Balaban J connectivity index is 2.58. The van der Waals surface area contributed by atoms with Crippen LogP contribution in [0.2, 0.25) is 0 Å². The number of thioether (sulfide) groups is 1. The molecule has 1 rings (SSSR count). The molecule has 1 aromatic rings. The normalized spacial score (nSPS) is 12.5. The first kappa shape index (κ1) is 12.6. The van der Waals surface area contributed by atoms with Gasteiger partial charge in [0.25, 0.3) is 5.56 Å². The number of rotatable bonds is 5. The van der Waals surface area contributed by atoms with Crippen molar-refractivity contribution in [2.45, 2.75) is 6.92 Å². The monoisotopic (exact) mass is 291 g/mol. The molecular formula is C9H14BrN3OS. The van der Waals surface area contributed by atoms with Crippen molar-refractivity contribution < 1.29 is 0 Å². The second-order valence-corrected chi connectivity index (χ2v) is 5.04. The van der Waals surface area contributed by atoms with Gasteiger partial charge in [0.15, 0.2) is 0 Å². The SMILES string of the molecule is CSCC(C)CNc1nc[nH]c(=O)c1Br. The zero-order valence-corrected chi connectivity index (χ0v) is 11.1. The number of nitrogens with one attached hydrogen (secondary N) is 2. The molecule has 1 heterocycles. The highest BCUT2D eigenvalue weighted by Gasteiger charge is 2.06. The van der Waals surface area contributed by atoms with Gasteiger partial charge in [-0.3, -0.25) is 4.79 Å². The van der Waals surface area contributed by atoms with Crippen LogP contribution in [0.25, 0.3) is 0 Å². The maximum Gasteiger partial charge on any atom is 0.267 e. The van der Waals surface area contributed by atoms with Crippen molar-refractivity contribution in [3.63, 3.8) is 0 Å². The minimum atomic E-state index is -0.162. The van der Waals surface area contributed by atoms with Gasteiger partial charge in [-0.1, -0.05) is 6.92 Å². The van der Waals surface area contributed by atoms with Crippen LogP contribution in [0, 0.1) is 5.92 Å². The predicted octanol–water partition coefficient (Wildman–Crippen LogP) is 1.94. The summed E-state index contributed by atoms with van der Waals surface area (Å²) >= 11 is 5.01. The fourth-order valence-corrected chi connectivity index (χ4v) is 2.16. The number of anilines is 1. The molecule has 1 unspecified atom stereocenters. The molecule has 15 heavy (non-hydrogen) atoms. The predicted molar refractivity (Wildman–Crippen MR) is 68.6 cm³/mol. The molecule has 0 saturated heterocycles. The molecule has 0 aliphatic carbocycles. The highest BCUT2D eigenvalue weighted by atomic mass is 79.9. The molecule has 0 aromatic carbocycles. The average Bonchev–Trinajstić information content (AvgIpc) is 2.21. The van der Waals surface area contributed by atoms with Gasteiger partial charge in [0.1, 0.15) is 10.3 Å². The fourth-order valence-electron chi connectivity index (χ4n) is 1.12. The molecule has 6 heteroatoms. The van der Waals surface area contributed by atoms with Crippen LogP contribution >= 0.6 is 27.7 Å². The van der Waals surface area contributed by atoms with Gasteiger partial charge in [-0.15, -0.1) is 0 Å². The Kier molecular flexibility index (Phi) is 5.17. The number of nitrogens with zero attached hydrogens (tertiary/aromatic N) is 1. The number of aromatic nitrogens is 2. The molecular weight excluding hydrogens is 278 g/mol. The van der Waals surface area contributed by atoms with Crippen LogP contribution in [0.1, 0.15) is 6.92 Å². The van der Waals surface area contributed by atoms with E-state index in [1.54, 1.807) is 0 Å². The lowest BCUT2D eigenvalue weighted by Gasteiger charge is -2.11. The fraction of sp³-hybridized carbons (Fsp3) is 0.556. The van der Waals surface area contributed by atoms with E-state index in [2.05, 4.69) is 44.4 Å². The summed E-state index contributed by atoms with van der Waals surface area (Å²) in [6.07, 6.45) is 3.48. The van der Waals surface area contributed by atoms with E-state index in [1.165, 1.54) is 6.33 Å². The highest BCUT2D eigenvalue weighted by Crippen LogP contribution is 2.14. The first-order valence-electron chi connectivity index (χ1n) is 4.61. The van der Waals surface area contributed by atoms with Crippen LogP contribution < -0.4 is 10.9 Å². The van der Waals surface area contributed by atoms with E-state index in [-0.39, 0.29) is 5.56 Å². The summed E-state index contributed by atoms with van der Waals surface area (Å²) in [6, 6.07) is 0. The lowest BCUT2D eigenvalue weighted by molar-refractivity contribution is 0.698. The van der Waals surface area contributed by atoms with Crippen molar-refractivity contribution in [2.24, 2.45) is 5.92 Å². The molecule has 0 spiro atoms. The molecule has 0 aliphatic heterocycles. The lowest BCUT2D eigenvalue weighted by Crippen LogP contribution is -2.17.